The van der Waals surface area contributed by atoms with Crippen LogP contribution in [-0.2, 0) is 0 Å². The zero-order valence-corrected chi connectivity index (χ0v) is 16.4. The number of hydrogen-bond donors (Lipinski definition) is 1. The van der Waals surface area contributed by atoms with Gasteiger partial charge in [-0.3, -0.25) is 4.79 Å². The minimum absolute atomic E-state index is 0.441. The lowest BCUT2D eigenvalue weighted by Gasteiger charge is -2.16. The van der Waals surface area contributed by atoms with Crippen LogP contribution in [0.1, 0.15) is 0 Å². The SMILES string of the molecule is CN(C)c1ccc(-c2cc(-c3ccccc3)c(-c3ccccc3)c(=O)n2O)cc1. The molecule has 4 rings (SSSR count). The molecule has 4 heteroatoms. The number of nitrogens with zero attached hydrogens (tertiary/aromatic N) is 2. The van der Waals surface area contributed by atoms with Crippen molar-refractivity contribution in [3.63, 3.8) is 0 Å². The Labute approximate surface area is 169 Å². The fourth-order valence-electron chi connectivity index (χ4n) is 3.47. The fourth-order valence-corrected chi connectivity index (χ4v) is 3.47. The monoisotopic (exact) mass is 382 g/mol. The molecule has 1 heterocycles. The Morgan fingerprint density at radius 2 is 1.28 bits per heavy atom. The summed E-state index contributed by atoms with van der Waals surface area (Å²) in [4.78, 5) is 15.2. The van der Waals surface area contributed by atoms with E-state index in [1.165, 1.54) is 0 Å². The van der Waals surface area contributed by atoms with Gasteiger partial charge in [-0.05, 0) is 34.9 Å². The van der Waals surface area contributed by atoms with Crippen LogP contribution in [-0.4, -0.2) is 24.0 Å². The Morgan fingerprint density at radius 3 is 1.83 bits per heavy atom. The van der Waals surface area contributed by atoms with Crippen molar-refractivity contribution >= 4 is 5.69 Å². The van der Waals surface area contributed by atoms with Gasteiger partial charge in [0.25, 0.3) is 5.56 Å². The normalized spacial score (nSPS) is 10.7. The summed E-state index contributed by atoms with van der Waals surface area (Å²) in [5.74, 6) is 0. The highest BCUT2D eigenvalue weighted by atomic mass is 16.5. The van der Waals surface area contributed by atoms with E-state index in [4.69, 9.17) is 0 Å². The second-order valence-electron chi connectivity index (χ2n) is 7.11. The molecule has 4 aromatic rings. The third-order valence-corrected chi connectivity index (χ3v) is 5.01. The molecule has 0 atom stereocenters. The van der Waals surface area contributed by atoms with Crippen LogP contribution in [0.4, 0.5) is 5.69 Å². The van der Waals surface area contributed by atoms with Gasteiger partial charge in [-0.25, -0.2) is 0 Å². The Kier molecular flexibility index (Phi) is 4.92. The van der Waals surface area contributed by atoms with Gasteiger partial charge in [0.2, 0.25) is 0 Å². The van der Waals surface area contributed by atoms with Gasteiger partial charge in [0, 0.05) is 25.3 Å². The average molecular weight is 382 g/mol. The van der Waals surface area contributed by atoms with E-state index in [9.17, 15) is 10.0 Å². The van der Waals surface area contributed by atoms with Crippen molar-refractivity contribution < 1.29 is 5.21 Å². The first kappa shape index (κ1) is 18.6. The first-order chi connectivity index (χ1) is 14.1. The quantitative estimate of drug-likeness (QED) is 0.496. The van der Waals surface area contributed by atoms with E-state index in [1.54, 1.807) is 0 Å². The molecule has 0 aliphatic rings. The molecule has 29 heavy (non-hydrogen) atoms. The van der Waals surface area contributed by atoms with Gasteiger partial charge < -0.3 is 10.1 Å². The van der Waals surface area contributed by atoms with E-state index in [1.807, 2.05) is 110 Å². The van der Waals surface area contributed by atoms with Gasteiger partial charge in [-0.2, -0.15) is 0 Å². The average Bonchev–Trinajstić information content (AvgIpc) is 2.76. The highest BCUT2D eigenvalue weighted by Crippen LogP contribution is 2.33. The molecule has 0 spiro atoms. The molecule has 0 bridgehead atoms. The molecule has 1 N–H and O–H groups in total. The van der Waals surface area contributed by atoms with Gasteiger partial charge in [-0.15, -0.1) is 4.73 Å². The van der Waals surface area contributed by atoms with Gasteiger partial charge in [0.15, 0.2) is 0 Å². The molecule has 0 amide bonds. The number of pyridine rings is 1. The molecule has 0 saturated heterocycles. The minimum Gasteiger partial charge on any atom is -0.425 e. The van der Waals surface area contributed by atoms with E-state index >= 15 is 0 Å². The van der Waals surface area contributed by atoms with E-state index in [0.29, 0.717) is 11.3 Å². The Morgan fingerprint density at radius 1 is 0.724 bits per heavy atom. The number of hydrogen-bond acceptors (Lipinski definition) is 3. The molecule has 0 radical (unpaired) electrons. The second-order valence-corrected chi connectivity index (χ2v) is 7.11. The Bertz CT molecular complexity index is 1180. The maximum Gasteiger partial charge on any atom is 0.291 e. The third-order valence-electron chi connectivity index (χ3n) is 5.01. The van der Waals surface area contributed by atoms with E-state index in [-0.39, 0.29) is 0 Å². The summed E-state index contributed by atoms with van der Waals surface area (Å²) in [6.07, 6.45) is 0. The topological polar surface area (TPSA) is 45.5 Å². The van der Waals surface area contributed by atoms with Crippen LogP contribution in [0.15, 0.2) is 95.8 Å². The maximum atomic E-state index is 13.2. The molecule has 144 valence electrons. The van der Waals surface area contributed by atoms with Crippen LogP contribution >= 0.6 is 0 Å². The van der Waals surface area contributed by atoms with E-state index < -0.39 is 5.56 Å². The Hall–Kier alpha value is -3.79. The highest BCUT2D eigenvalue weighted by Gasteiger charge is 2.18. The summed E-state index contributed by atoms with van der Waals surface area (Å²) in [6.45, 7) is 0. The lowest BCUT2D eigenvalue weighted by atomic mass is 9.94. The van der Waals surface area contributed by atoms with Crippen LogP contribution in [0.3, 0.4) is 0 Å². The number of anilines is 1. The number of benzene rings is 3. The minimum atomic E-state index is -0.441. The molecule has 0 fully saturated rings. The molecular weight excluding hydrogens is 360 g/mol. The van der Waals surface area contributed by atoms with Gasteiger partial charge in [0.05, 0.1) is 11.3 Å². The summed E-state index contributed by atoms with van der Waals surface area (Å²) in [5.41, 5.74) is 4.80. The number of aromatic nitrogens is 1. The largest absolute Gasteiger partial charge is 0.425 e. The lowest BCUT2D eigenvalue weighted by Crippen LogP contribution is -2.22. The smallest absolute Gasteiger partial charge is 0.291 e. The van der Waals surface area contributed by atoms with E-state index in [0.717, 1.165) is 32.7 Å². The Balaban J connectivity index is 1.98. The zero-order chi connectivity index (χ0) is 20.4. The zero-order valence-electron chi connectivity index (χ0n) is 16.4. The molecule has 0 saturated carbocycles. The van der Waals surface area contributed by atoms with Gasteiger partial charge in [-0.1, -0.05) is 72.8 Å². The van der Waals surface area contributed by atoms with Crippen molar-refractivity contribution in [1.29, 1.82) is 0 Å². The third kappa shape index (κ3) is 3.52. The molecule has 4 nitrogen and oxygen atoms in total. The van der Waals surface area contributed by atoms with Gasteiger partial charge in [0.1, 0.15) is 0 Å². The van der Waals surface area contributed by atoms with E-state index in [2.05, 4.69) is 0 Å². The van der Waals surface area contributed by atoms with Crippen LogP contribution < -0.4 is 10.5 Å². The van der Waals surface area contributed by atoms with Crippen molar-refractivity contribution in [3.8, 4) is 33.5 Å². The standard InChI is InChI=1S/C25H22N2O2/c1-26(2)21-15-13-19(14-16-21)23-17-22(18-9-5-3-6-10-18)24(25(28)27(23)29)20-11-7-4-8-12-20/h3-17,29H,1-2H3. The maximum absolute atomic E-state index is 13.2. The van der Waals surface area contributed by atoms with Crippen LogP contribution in [0.2, 0.25) is 0 Å². The number of rotatable bonds is 4. The predicted molar refractivity (Wildman–Crippen MR) is 119 cm³/mol. The van der Waals surface area contributed by atoms with Crippen LogP contribution in [0.5, 0.6) is 0 Å². The molecular formula is C25H22N2O2. The van der Waals surface area contributed by atoms with Gasteiger partial charge >= 0.3 is 0 Å². The summed E-state index contributed by atoms with van der Waals surface area (Å²) in [6, 6.07) is 28.9. The summed E-state index contributed by atoms with van der Waals surface area (Å²) in [7, 11) is 3.94. The van der Waals surface area contributed by atoms with Crippen molar-refractivity contribution in [2.75, 3.05) is 19.0 Å². The van der Waals surface area contributed by atoms with Crippen molar-refractivity contribution in [2.24, 2.45) is 0 Å². The highest BCUT2D eigenvalue weighted by molar-refractivity contribution is 5.85. The van der Waals surface area contributed by atoms with Crippen molar-refractivity contribution in [3.05, 3.63) is 101 Å². The predicted octanol–water partition coefficient (Wildman–Crippen LogP) is 5.15. The van der Waals surface area contributed by atoms with Crippen LogP contribution in [0, 0.1) is 0 Å². The first-order valence-corrected chi connectivity index (χ1v) is 9.44. The molecule has 1 aromatic heterocycles. The molecule has 0 unspecified atom stereocenters. The lowest BCUT2D eigenvalue weighted by molar-refractivity contribution is 0.180. The van der Waals surface area contributed by atoms with Crippen molar-refractivity contribution in [1.82, 2.24) is 4.73 Å². The molecule has 0 aliphatic carbocycles. The fraction of sp³-hybridized carbons (Fsp3) is 0.0800. The second kappa shape index (κ2) is 7.68. The van der Waals surface area contributed by atoms with Crippen molar-refractivity contribution in [2.45, 2.75) is 0 Å². The molecule has 3 aromatic carbocycles. The summed E-state index contributed by atoms with van der Waals surface area (Å²) in [5, 5.41) is 10.7. The summed E-state index contributed by atoms with van der Waals surface area (Å²) >= 11 is 0. The first-order valence-electron chi connectivity index (χ1n) is 9.44. The summed E-state index contributed by atoms with van der Waals surface area (Å²) < 4.78 is 0.749. The van der Waals surface area contributed by atoms with Crippen LogP contribution in [0.25, 0.3) is 33.5 Å². The molecule has 0 aliphatic heterocycles.